The molecule has 0 atom stereocenters. The fraction of sp³-hybridized carbons (Fsp3) is 0.263. The third kappa shape index (κ3) is 2.85. The number of nitrogens with zero attached hydrogens (tertiary/aromatic N) is 2. The van der Waals surface area contributed by atoms with Crippen LogP contribution in [0.1, 0.15) is 29.4 Å². The molecule has 0 radical (unpaired) electrons. The summed E-state index contributed by atoms with van der Waals surface area (Å²) < 4.78 is 2.21. The monoisotopic (exact) mass is 323 g/mol. The van der Waals surface area contributed by atoms with Crippen LogP contribution < -0.4 is 5.32 Å². The van der Waals surface area contributed by atoms with Gasteiger partial charge in [0.25, 0.3) is 5.91 Å². The van der Waals surface area contributed by atoms with Gasteiger partial charge < -0.3 is 9.88 Å². The minimum Gasteiger partial charge on any atom is -0.344 e. The quantitative estimate of drug-likeness (QED) is 0.694. The largest absolute Gasteiger partial charge is 0.344 e. The number of nitrogens with one attached hydrogen (secondary N) is 1. The van der Waals surface area contributed by atoms with Gasteiger partial charge in [0.2, 0.25) is 0 Å². The summed E-state index contributed by atoms with van der Waals surface area (Å²) >= 11 is 0. The van der Waals surface area contributed by atoms with Crippen LogP contribution >= 0.6 is 0 Å². The molecule has 3 amide bonds. The van der Waals surface area contributed by atoms with Crippen molar-refractivity contribution < 1.29 is 9.59 Å². The second-order valence-electron chi connectivity index (χ2n) is 5.94. The van der Waals surface area contributed by atoms with Crippen molar-refractivity contribution in [2.45, 2.75) is 27.3 Å². The Kier molecular flexibility index (Phi) is 4.25. The number of urea groups is 1. The van der Waals surface area contributed by atoms with Crippen LogP contribution in [0.5, 0.6) is 0 Å². The number of imide groups is 1. The van der Waals surface area contributed by atoms with Crippen LogP contribution in [0.4, 0.5) is 4.79 Å². The smallest absolute Gasteiger partial charge is 0.328 e. The van der Waals surface area contributed by atoms with E-state index in [4.69, 9.17) is 0 Å². The summed E-state index contributed by atoms with van der Waals surface area (Å²) in [5, 5.41) is 2.65. The normalized spacial score (nSPS) is 16.1. The van der Waals surface area contributed by atoms with Gasteiger partial charge in [0.05, 0.1) is 0 Å². The lowest BCUT2D eigenvalue weighted by atomic mass is 10.2. The maximum Gasteiger partial charge on any atom is 0.328 e. The van der Waals surface area contributed by atoms with Crippen LogP contribution in [-0.2, 0) is 11.3 Å². The van der Waals surface area contributed by atoms with Gasteiger partial charge >= 0.3 is 6.03 Å². The summed E-state index contributed by atoms with van der Waals surface area (Å²) in [6.45, 7) is 7.01. The van der Waals surface area contributed by atoms with E-state index in [9.17, 15) is 9.59 Å². The van der Waals surface area contributed by atoms with Crippen molar-refractivity contribution in [2.75, 3.05) is 6.54 Å². The molecule has 0 aliphatic carbocycles. The Labute approximate surface area is 141 Å². The molecular weight excluding hydrogens is 302 g/mol. The molecule has 0 unspecified atom stereocenters. The van der Waals surface area contributed by atoms with Crippen LogP contribution in [0.2, 0.25) is 0 Å². The first-order valence-electron chi connectivity index (χ1n) is 8.06. The average Bonchev–Trinajstić information content (AvgIpc) is 2.99. The number of aromatic nitrogens is 1. The van der Waals surface area contributed by atoms with Gasteiger partial charge in [-0.1, -0.05) is 30.3 Å². The fourth-order valence-electron chi connectivity index (χ4n) is 3.00. The molecule has 0 saturated carbocycles. The van der Waals surface area contributed by atoms with E-state index in [0.29, 0.717) is 12.2 Å². The molecule has 0 bridgehead atoms. The molecule has 0 spiro atoms. The van der Waals surface area contributed by atoms with Crippen molar-refractivity contribution in [3.05, 3.63) is 64.6 Å². The summed E-state index contributed by atoms with van der Waals surface area (Å²) in [6.07, 6.45) is 1.76. The average molecular weight is 323 g/mol. The number of carbonyl (C=O) groups is 2. The zero-order chi connectivity index (χ0) is 17.3. The third-order valence-electron chi connectivity index (χ3n) is 4.37. The zero-order valence-corrected chi connectivity index (χ0v) is 14.2. The fourth-order valence-corrected chi connectivity index (χ4v) is 3.00. The van der Waals surface area contributed by atoms with Gasteiger partial charge in [-0.05, 0) is 44.0 Å². The number of hydrogen-bond acceptors (Lipinski definition) is 2. The van der Waals surface area contributed by atoms with Gasteiger partial charge in [-0.3, -0.25) is 9.69 Å². The van der Waals surface area contributed by atoms with Gasteiger partial charge in [0, 0.05) is 24.5 Å². The van der Waals surface area contributed by atoms with Crippen molar-refractivity contribution in [1.82, 2.24) is 14.8 Å². The second kappa shape index (κ2) is 6.35. The van der Waals surface area contributed by atoms with E-state index in [2.05, 4.69) is 22.0 Å². The van der Waals surface area contributed by atoms with Crippen LogP contribution in [0.3, 0.4) is 0 Å². The highest BCUT2D eigenvalue weighted by Crippen LogP contribution is 2.21. The van der Waals surface area contributed by atoms with Crippen LogP contribution in [0.25, 0.3) is 6.08 Å². The van der Waals surface area contributed by atoms with E-state index in [1.807, 2.05) is 38.1 Å². The molecule has 1 aliphatic heterocycles. The molecule has 1 saturated heterocycles. The van der Waals surface area contributed by atoms with E-state index in [0.717, 1.165) is 23.5 Å². The van der Waals surface area contributed by atoms with Crippen molar-refractivity contribution in [3.63, 3.8) is 0 Å². The lowest BCUT2D eigenvalue weighted by Crippen LogP contribution is -2.30. The molecule has 2 heterocycles. The van der Waals surface area contributed by atoms with Crippen LogP contribution in [0, 0.1) is 13.8 Å². The predicted octanol–water partition coefficient (Wildman–Crippen LogP) is 3.07. The number of benzene rings is 1. The van der Waals surface area contributed by atoms with Crippen molar-refractivity contribution in [3.8, 4) is 0 Å². The number of amides is 3. The van der Waals surface area contributed by atoms with Gasteiger partial charge in [-0.25, -0.2) is 4.79 Å². The van der Waals surface area contributed by atoms with E-state index >= 15 is 0 Å². The lowest BCUT2D eigenvalue weighted by Gasteiger charge is -2.09. The second-order valence-corrected chi connectivity index (χ2v) is 5.94. The Bertz CT molecular complexity index is 819. The maximum absolute atomic E-state index is 12.2. The first kappa shape index (κ1) is 16.1. The molecule has 1 aromatic heterocycles. The van der Waals surface area contributed by atoms with E-state index in [1.165, 1.54) is 10.5 Å². The number of aryl methyl sites for hydroxylation is 1. The van der Waals surface area contributed by atoms with E-state index in [1.54, 1.807) is 13.0 Å². The van der Waals surface area contributed by atoms with E-state index in [-0.39, 0.29) is 11.9 Å². The number of likely N-dealkylation sites (N-methyl/N-ethyl adjacent to an activating group) is 1. The van der Waals surface area contributed by atoms with Crippen LogP contribution in [-0.4, -0.2) is 28.0 Å². The highest BCUT2D eigenvalue weighted by Gasteiger charge is 2.32. The minimum atomic E-state index is -0.355. The van der Waals surface area contributed by atoms with Gasteiger partial charge in [0.15, 0.2) is 0 Å². The summed E-state index contributed by atoms with van der Waals surface area (Å²) in [7, 11) is 0. The minimum absolute atomic E-state index is 0.268. The van der Waals surface area contributed by atoms with Gasteiger partial charge in [-0.15, -0.1) is 0 Å². The third-order valence-corrected chi connectivity index (χ3v) is 4.37. The first-order valence-corrected chi connectivity index (χ1v) is 8.06. The maximum atomic E-state index is 12.2. The molecule has 3 rings (SSSR count). The first-order chi connectivity index (χ1) is 11.5. The van der Waals surface area contributed by atoms with Crippen molar-refractivity contribution >= 4 is 18.0 Å². The Morgan fingerprint density at radius 2 is 1.83 bits per heavy atom. The molecule has 24 heavy (non-hydrogen) atoms. The van der Waals surface area contributed by atoms with E-state index < -0.39 is 0 Å². The summed E-state index contributed by atoms with van der Waals surface area (Å²) in [5.41, 5.74) is 4.70. The highest BCUT2D eigenvalue weighted by molar-refractivity contribution is 6.14. The van der Waals surface area contributed by atoms with Crippen molar-refractivity contribution in [2.24, 2.45) is 0 Å². The highest BCUT2D eigenvalue weighted by atomic mass is 16.2. The lowest BCUT2D eigenvalue weighted by molar-refractivity contribution is -0.122. The standard InChI is InChI=1S/C19H21N3O2/c1-4-21-18(23)17(20-19(21)24)11-16-10-13(2)22(14(16)3)12-15-8-6-5-7-9-15/h5-11H,4,12H2,1-3H3,(H,20,24)/b17-11-. The predicted molar refractivity (Wildman–Crippen MR) is 93.3 cm³/mol. The molecule has 1 fully saturated rings. The van der Waals surface area contributed by atoms with Gasteiger partial charge in [-0.2, -0.15) is 0 Å². The van der Waals surface area contributed by atoms with Gasteiger partial charge in [0.1, 0.15) is 5.70 Å². The molecule has 1 N–H and O–H groups in total. The molecule has 5 nitrogen and oxygen atoms in total. The Hall–Kier alpha value is -2.82. The Balaban J connectivity index is 1.91. The summed E-state index contributed by atoms with van der Waals surface area (Å²) in [4.78, 5) is 25.2. The Morgan fingerprint density at radius 1 is 1.12 bits per heavy atom. The van der Waals surface area contributed by atoms with Crippen LogP contribution in [0.15, 0.2) is 42.1 Å². The molecule has 1 aromatic carbocycles. The molecule has 2 aromatic rings. The molecular formula is C19H21N3O2. The number of carbonyl (C=O) groups excluding carboxylic acids is 2. The topological polar surface area (TPSA) is 54.3 Å². The summed E-state index contributed by atoms with van der Waals surface area (Å²) in [6, 6.07) is 11.9. The van der Waals surface area contributed by atoms with Crippen molar-refractivity contribution in [1.29, 1.82) is 0 Å². The zero-order valence-electron chi connectivity index (χ0n) is 14.2. The summed E-state index contributed by atoms with van der Waals surface area (Å²) in [5.74, 6) is -0.268. The Morgan fingerprint density at radius 3 is 2.46 bits per heavy atom. The molecule has 124 valence electrons. The molecule has 1 aliphatic rings. The number of rotatable bonds is 4. The number of hydrogen-bond donors (Lipinski definition) is 1. The SMILES string of the molecule is CCN1C(=O)N/C(=C\c2cc(C)n(Cc3ccccc3)c2C)C1=O. The molecule has 5 heteroatoms.